The molecule has 22 heavy (non-hydrogen) atoms. The summed E-state index contributed by atoms with van der Waals surface area (Å²) in [5.41, 5.74) is 0.130. The number of nitrogens with zero attached hydrogens (tertiary/aromatic N) is 2. The molecule has 0 spiro atoms. The minimum Gasteiger partial charge on any atom is -0.357 e. The van der Waals surface area contributed by atoms with E-state index in [0.717, 1.165) is 37.8 Å². The summed E-state index contributed by atoms with van der Waals surface area (Å²) >= 11 is 0. The Hall–Kier alpha value is -1.03. The molecule has 2 aliphatic rings. The topological polar surface area (TPSA) is 39.7 Å². The van der Waals surface area contributed by atoms with E-state index in [1.54, 1.807) is 0 Å². The monoisotopic (exact) mass is 306 g/mol. The largest absolute Gasteiger partial charge is 0.357 e. The van der Waals surface area contributed by atoms with Gasteiger partial charge in [-0.1, -0.05) is 19.1 Å². The fraction of sp³-hybridized carbons (Fsp3) is 0.833. The van der Waals surface area contributed by atoms with Crippen LogP contribution in [0.2, 0.25) is 0 Å². The fourth-order valence-electron chi connectivity index (χ4n) is 3.36. The van der Waals surface area contributed by atoms with E-state index >= 15 is 0 Å². The van der Waals surface area contributed by atoms with Gasteiger partial charge in [-0.3, -0.25) is 9.89 Å². The van der Waals surface area contributed by atoms with E-state index in [2.05, 4.69) is 55.4 Å². The van der Waals surface area contributed by atoms with Crippen molar-refractivity contribution in [2.45, 2.75) is 65.0 Å². The molecular weight excluding hydrogens is 272 g/mol. The highest BCUT2D eigenvalue weighted by Crippen LogP contribution is 2.24. The number of nitrogens with one attached hydrogen (secondary N) is 2. The minimum atomic E-state index is 0.130. The Bertz CT molecular complexity index is 392. The van der Waals surface area contributed by atoms with Gasteiger partial charge in [0.15, 0.2) is 5.96 Å². The van der Waals surface area contributed by atoms with E-state index < -0.39 is 0 Å². The van der Waals surface area contributed by atoms with Crippen LogP contribution in [0.4, 0.5) is 0 Å². The summed E-state index contributed by atoms with van der Waals surface area (Å²) in [4.78, 5) is 7.49. The lowest BCUT2D eigenvalue weighted by Gasteiger charge is -2.42. The second kappa shape index (κ2) is 8.00. The van der Waals surface area contributed by atoms with Crippen molar-refractivity contribution in [3.8, 4) is 0 Å². The van der Waals surface area contributed by atoms with Crippen molar-refractivity contribution in [3.05, 3.63) is 12.2 Å². The van der Waals surface area contributed by atoms with Gasteiger partial charge in [0.05, 0.1) is 6.54 Å². The average molecular weight is 306 g/mol. The SMILES string of the molecule is CCNC(=NCC(C)(C)N1CCCC(C)C1)NC1CC=CC1. The number of likely N-dealkylation sites (tertiary alicyclic amines) is 1. The van der Waals surface area contributed by atoms with Crippen molar-refractivity contribution in [2.75, 3.05) is 26.2 Å². The molecule has 2 rings (SSSR count). The number of aliphatic imine (C=N–C) groups is 1. The lowest BCUT2D eigenvalue weighted by molar-refractivity contribution is 0.0774. The van der Waals surface area contributed by atoms with E-state index in [4.69, 9.17) is 4.99 Å². The highest BCUT2D eigenvalue weighted by molar-refractivity contribution is 5.80. The Morgan fingerprint density at radius 1 is 1.32 bits per heavy atom. The normalized spacial score (nSPS) is 24.7. The summed E-state index contributed by atoms with van der Waals surface area (Å²) in [6.07, 6.45) is 9.41. The minimum absolute atomic E-state index is 0.130. The van der Waals surface area contributed by atoms with Crippen LogP contribution in [0.5, 0.6) is 0 Å². The molecule has 0 aromatic rings. The molecule has 1 atom stereocenters. The second-order valence-corrected chi connectivity index (χ2v) is 7.49. The molecular formula is C18H34N4. The van der Waals surface area contributed by atoms with Gasteiger partial charge >= 0.3 is 0 Å². The zero-order chi connectivity index (χ0) is 16.0. The van der Waals surface area contributed by atoms with Gasteiger partial charge in [0, 0.05) is 24.7 Å². The lowest BCUT2D eigenvalue weighted by Crippen LogP contribution is -2.51. The zero-order valence-corrected chi connectivity index (χ0v) is 14.9. The van der Waals surface area contributed by atoms with Gasteiger partial charge in [-0.2, -0.15) is 0 Å². The van der Waals surface area contributed by atoms with Crippen LogP contribution in [0.3, 0.4) is 0 Å². The summed E-state index contributed by atoms with van der Waals surface area (Å²) in [5.74, 6) is 1.78. The highest BCUT2D eigenvalue weighted by atomic mass is 15.2. The van der Waals surface area contributed by atoms with Gasteiger partial charge < -0.3 is 10.6 Å². The van der Waals surface area contributed by atoms with Crippen molar-refractivity contribution in [1.82, 2.24) is 15.5 Å². The van der Waals surface area contributed by atoms with Crippen molar-refractivity contribution >= 4 is 5.96 Å². The molecule has 0 aromatic carbocycles. The molecule has 1 fully saturated rings. The van der Waals surface area contributed by atoms with Crippen LogP contribution in [0.15, 0.2) is 17.1 Å². The maximum Gasteiger partial charge on any atom is 0.191 e. The maximum atomic E-state index is 4.87. The Morgan fingerprint density at radius 3 is 2.68 bits per heavy atom. The van der Waals surface area contributed by atoms with Crippen LogP contribution >= 0.6 is 0 Å². The number of guanidine groups is 1. The third kappa shape index (κ3) is 5.01. The molecule has 1 saturated heterocycles. The quantitative estimate of drug-likeness (QED) is 0.466. The van der Waals surface area contributed by atoms with Gasteiger partial charge in [0.1, 0.15) is 0 Å². The molecule has 4 nitrogen and oxygen atoms in total. The molecule has 1 aliphatic carbocycles. The Balaban J connectivity index is 1.92. The van der Waals surface area contributed by atoms with Crippen LogP contribution in [-0.2, 0) is 0 Å². The number of hydrogen-bond acceptors (Lipinski definition) is 2. The lowest BCUT2D eigenvalue weighted by atomic mass is 9.94. The van der Waals surface area contributed by atoms with Gasteiger partial charge in [0.25, 0.3) is 0 Å². The summed E-state index contributed by atoms with van der Waals surface area (Å²) in [6.45, 7) is 13.3. The zero-order valence-electron chi connectivity index (χ0n) is 14.9. The second-order valence-electron chi connectivity index (χ2n) is 7.49. The average Bonchev–Trinajstić information content (AvgIpc) is 2.98. The van der Waals surface area contributed by atoms with E-state index in [1.165, 1.54) is 25.9 Å². The highest BCUT2D eigenvalue weighted by Gasteiger charge is 2.30. The molecule has 1 heterocycles. The van der Waals surface area contributed by atoms with Gasteiger partial charge in [-0.25, -0.2) is 0 Å². The third-order valence-electron chi connectivity index (χ3n) is 4.83. The molecule has 0 radical (unpaired) electrons. The van der Waals surface area contributed by atoms with Crippen LogP contribution in [0.1, 0.15) is 53.4 Å². The van der Waals surface area contributed by atoms with Gasteiger partial charge in [-0.15, -0.1) is 0 Å². The van der Waals surface area contributed by atoms with Crippen molar-refractivity contribution in [3.63, 3.8) is 0 Å². The number of piperidine rings is 1. The molecule has 2 N–H and O–H groups in total. The fourth-order valence-corrected chi connectivity index (χ4v) is 3.36. The first-order valence-corrected chi connectivity index (χ1v) is 8.96. The summed E-state index contributed by atoms with van der Waals surface area (Å²) in [5, 5.41) is 6.95. The van der Waals surface area contributed by atoms with E-state index in [-0.39, 0.29) is 5.54 Å². The summed E-state index contributed by atoms with van der Waals surface area (Å²) in [6, 6.07) is 0.510. The van der Waals surface area contributed by atoms with E-state index in [0.29, 0.717) is 6.04 Å². The van der Waals surface area contributed by atoms with Crippen molar-refractivity contribution < 1.29 is 0 Å². The third-order valence-corrected chi connectivity index (χ3v) is 4.83. The Kier molecular flexibility index (Phi) is 6.30. The van der Waals surface area contributed by atoms with Crippen LogP contribution in [0.25, 0.3) is 0 Å². The first-order chi connectivity index (χ1) is 10.5. The molecule has 4 heteroatoms. The van der Waals surface area contributed by atoms with Crippen LogP contribution < -0.4 is 10.6 Å². The molecule has 1 aliphatic heterocycles. The maximum absolute atomic E-state index is 4.87. The first-order valence-electron chi connectivity index (χ1n) is 8.96. The molecule has 0 aromatic heterocycles. The predicted molar refractivity (Wildman–Crippen MR) is 95.3 cm³/mol. The molecule has 0 amide bonds. The van der Waals surface area contributed by atoms with Crippen molar-refractivity contribution in [2.24, 2.45) is 10.9 Å². The van der Waals surface area contributed by atoms with E-state index in [9.17, 15) is 0 Å². The summed E-state index contributed by atoms with van der Waals surface area (Å²) < 4.78 is 0. The smallest absolute Gasteiger partial charge is 0.191 e. The first kappa shape index (κ1) is 17.3. The van der Waals surface area contributed by atoms with E-state index in [1.807, 2.05) is 0 Å². The van der Waals surface area contributed by atoms with Crippen LogP contribution in [-0.4, -0.2) is 48.6 Å². The Labute approximate surface area is 136 Å². The van der Waals surface area contributed by atoms with Gasteiger partial charge in [-0.05, 0) is 58.9 Å². The number of hydrogen-bond donors (Lipinski definition) is 2. The number of rotatable bonds is 5. The van der Waals surface area contributed by atoms with Crippen LogP contribution in [0, 0.1) is 5.92 Å². The molecule has 0 bridgehead atoms. The molecule has 126 valence electrons. The van der Waals surface area contributed by atoms with Crippen molar-refractivity contribution in [1.29, 1.82) is 0 Å². The van der Waals surface area contributed by atoms with Gasteiger partial charge in [0.2, 0.25) is 0 Å². The Morgan fingerprint density at radius 2 is 2.05 bits per heavy atom. The molecule has 0 saturated carbocycles. The standard InChI is InChI=1S/C18H34N4/c1-5-19-17(21-16-10-6-7-11-16)20-14-18(3,4)22-12-8-9-15(2)13-22/h6-7,15-16H,5,8-14H2,1-4H3,(H2,19,20,21). The predicted octanol–water partition coefficient (Wildman–Crippen LogP) is 2.77. The summed E-state index contributed by atoms with van der Waals surface area (Å²) in [7, 11) is 0. The molecule has 1 unspecified atom stereocenters.